The second-order valence-corrected chi connectivity index (χ2v) is 5.36. The van der Waals surface area contributed by atoms with Crippen LogP contribution in [0.3, 0.4) is 0 Å². The van der Waals surface area contributed by atoms with E-state index in [0.717, 1.165) is 6.42 Å². The van der Waals surface area contributed by atoms with E-state index in [1.165, 1.54) is 10.9 Å². The van der Waals surface area contributed by atoms with Gasteiger partial charge in [0.05, 0.1) is 11.5 Å². The van der Waals surface area contributed by atoms with Crippen LogP contribution in [0.25, 0.3) is 0 Å². The fourth-order valence-corrected chi connectivity index (χ4v) is 2.54. The zero-order valence-corrected chi connectivity index (χ0v) is 12.1. The summed E-state index contributed by atoms with van der Waals surface area (Å²) in [6.45, 7) is 0.658. The van der Waals surface area contributed by atoms with E-state index < -0.39 is 4.92 Å². The summed E-state index contributed by atoms with van der Waals surface area (Å²) < 4.78 is 0. The Labute approximate surface area is 126 Å². The molecule has 2 N–H and O–H groups in total. The number of nitrogens with zero attached hydrogens (tertiary/aromatic N) is 1. The standard InChI is InChI=1S/C14H15N3O3S/c18-14(15-8-7-12-5-3-9-21-12)16-10-11-4-1-2-6-13(11)17(19)20/h1-6,9H,7-8,10H2,(H2,15,16,18). The summed E-state index contributed by atoms with van der Waals surface area (Å²) in [6.07, 6.45) is 0.774. The zero-order valence-electron chi connectivity index (χ0n) is 11.2. The molecule has 1 aromatic carbocycles. The lowest BCUT2D eigenvalue weighted by atomic mass is 10.2. The molecular formula is C14H15N3O3S. The van der Waals surface area contributed by atoms with E-state index in [1.54, 1.807) is 29.5 Å². The Morgan fingerprint density at radius 3 is 2.71 bits per heavy atom. The molecule has 7 heteroatoms. The quantitative estimate of drug-likeness (QED) is 0.635. The number of hydrogen-bond acceptors (Lipinski definition) is 4. The normalized spacial score (nSPS) is 10.1. The van der Waals surface area contributed by atoms with Gasteiger partial charge in [-0.05, 0) is 17.9 Å². The molecule has 0 unspecified atom stereocenters. The Balaban J connectivity index is 1.77. The molecule has 1 heterocycles. The molecule has 2 amide bonds. The van der Waals surface area contributed by atoms with Crippen LogP contribution in [0.15, 0.2) is 41.8 Å². The maximum Gasteiger partial charge on any atom is 0.315 e. The van der Waals surface area contributed by atoms with Crippen LogP contribution in [0.1, 0.15) is 10.4 Å². The predicted octanol–water partition coefficient (Wildman–Crippen LogP) is 2.70. The number of carbonyl (C=O) groups is 1. The average molecular weight is 305 g/mol. The van der Waals surface area contributed by atoms with Gasteiger partial charge in [0.1, 0.15) is 0 Å². The number of urea groups is 1. The van der Waals surface area contributed by atoms with Crippen molar-refractivity contribution in [2.45, 2.75) is 13.0 Å². The van der Waals surface area contributed by atoms with Crippen LogP contribution in [0.4, 0.5) is 10.5 Å². The Hall–Kier alpha value is -2.41. The Morgan fingerprint density at radius 1 is 1.19 bits per heavy atom. The van der Waals surface area contributed by atoms with Crippen molar-refractivity contribution in [3.8, 4) is 0 Å². The lowest BCUT2D eigenvalue weighted by Gasteiger charge is -2.07. The van der Waals surface area contributed by atoms with Gasteiger partial charge in [0.15, 0.2) is 0 Å². The van der Waals surface area contributed by atoms with E-state index in [1.807, 2.05) is 17.5 Å². The summed E-state index contributed by atoms with van der Waals surface area (Å²) >= 11 is 1.64. The molecular weight excluding hydrogens is 290 g/mol. The molecule has 0 radical (unpaired) electrons. The molecule has 0 aliphatic rings. The third-order valence-electron chi connectivity index (χ3n) is 2.86. The minimum Gasteiger partial charge on any atom is -0.338 e. The molecule has 0 aliphatic heterocycles. The summed E-state index contributed by atoms with van der Waals surface area (Å²) in [4.78, 5) is 23.2. The molecule has 0 saturated carbocycles. The van der Waals surface area contributed by atoms with Crippen LogP contribution in [-0.2, 0) is 13.0 Å². The molecule has 21 heavy (non-hydrogen) atoms. The van der Waals surface area contributed by atoms with Gasteiger partial charge in [0.2, 0.25) is 0 Å². The van der Waals surface area contributed by atoms with Crippen molar-refractivity contribution in [3.63, 3.8) is 0 Å². The van der Waals surface area contributed by atoms with Gasteiger partial charge in [-0.15, -0.1) is 11.3 Å². The molecule has 6 nitrogen and oxygen atoms in total. The number of amides is 2. The summed E-state index contributed by atoms with van der Waals surface area (Å²) in [6, 6.07) is 10.0. The Morgan fingerprint density at radius 2 is 2.00 bits per heavy atom. The van der Waals surface area contributed by atoms with E-state index in [-0.39, 0.29) is 18.3 Å². The van der Waals surface area contributed by atoms with E-state index >= 15 is 0 Å². The fourth-order valence-electron chi connectivity index (χ4n) is 1.83. The SMILES string of the molecule is O=C(NCCc1cccs1)NCc1ccccc1[N+](=O)[O-]. The smallest absolute Gasteiger partial charge is 0.315 e. The first-order chi connectivity index (χ1) is 10.2. The number of nitro benzene ring substituents is 1. The van der Waals surface area contributed by atoms with E-state index in [0.29, 0.717) is 12.1 Å². The third kappa shape index (κ3) is 4.57. The Bertz CT molecular complexity index is 614. The maximum absolute atomic E-state index is 11.6. The number of thiophene rings is 1. The molecule has 0 saturated heterocycles. The first-order valence-electron chi connectivity index (χ1n) is 6.43. The predicted molar refractivity (Wildman–Crippen MR) is 81.4 cm³/mol. The minimum atomic E-state index is -0.453. The third-order valence-corrected chi connectivity index (χ3v) is 3.80. The van der Waals surface area contributed by atoms with E-state index in [9.17, 15) is 14.9 Å². The van der Waals surface area contributed by atoms with Crippen molar-refractivity contribution in [3.05, 3.63) is 62.3 Å². The lowest BCUT2D eigenvalue weighted by Crippen LogP contribution is -2.36. The minimum absolute atomic E-state index is 0.0105. The second-order valence-electron chi connectivity index (χ2n) is 4.32. The highest BCUT2D eigenvalue weighted by atomic mass is 32.1. The number of nitrogens with one attached hydrogen (secondary N) is 2. The highest BCUT2D eigenvalue weighted by Crippen LogP contribution is 2.16. The molecule has 110 valence electrons. The number of rotatable bonds is 6. The number of benzene rings is 1. The summed E-state index contributed by atoms with van der Waals surface area (Å²) in [5.74, 6) is 0. The van der Waals surface area contributed by atoms with Crippen molar-refractivity contribution in [1.29, 1.82) is 0 Å². The van der Waals surface area contributed by atoms with Crippen LogP contribution >= 0.6 is 11.3 Å². The molecule has 0 atom stereocenters. The topological polar surface area (TPSA) is 84.3 Å². The van der Waals surface area contributed by atoms with Crippen molar-refractivity contribution >= 4 is 23.1 Å². The Kier molecular flexibility index (Phi) is 5.28. The number of para-hydroxylation sites is 1. The van der Waals surface area contributed by atoms with Gasteiger partial charge in [0, 0.05) is 23.1 Å². The average Bonchev–Trinajstić information content (AvgIpc) is 2.98. The van der Waals surface area contributed by atoms with Crippen molar-refractivity contribution < 1.29 is 9.72 Å². The lowest BCUT2D eigenvalue weighted by molar-refractivity contribution is -0.385. The number of hydrogen-bond donors (Lipinski definition) is 2. The highest BCUT2D eigenvalue weighted by Gasteiger charge is 2.12. The first-order valence-corrected chi connectivity index (χ1v) is 7.31. The summed E-state index contributed by atoms with van der Waals surface area (Å²) in [5, 5.41) is 18.2. The van der Waals surface area contributed by atoms with Gasteiger partial charge in [-0.25, -0.2) is 4.79 Å². The monoisotopic (exact) mass is 305 g/mol. The molecule has 1 aromatic heterocycles. The molecule has 0 bridgehead atoms. The highest BCUT2D eigenvalue weighted by molar-refractivity contribution is 7.09. The molecule has 0 spiro atoms. The van der Waals surface area contributed by atoms with Gasteiger partial charge in [-0.3, -0.25) is 10.1 Å². The maximum atomic E-state index is 11.6. The van der Waals surface area contributed by atoms with Crippen molar-refractivity contribution in [2.24, 2.45) is 0 Å². The second kappa shape index (κ2) is 7.39. The van der Waals surface area contributed by atoms with Crippen LogP contribution in [0.5, 0.6) is 0 Å². The molecule has 2 aromatic rings. The largest absolute Gasteiger partial charge is 0.338 e. The number of nitro groups is 1. The van der Waals surface area contributed by atoms with Crippen LogP contribution in [-0.4, -0.2) is 17.5 Å². The van der Waals surface area contributed by atoms with E-state index in [4.69, 9.17) is 0 Å². The van der Waals surface area contributed by atoms with Crippen LogP contribution < -0.4 is 10.6 Å². The van der Waals surface area contributed by atoms with E-state index in [2.05, 4.69) is 10.6 Å². The summed E-state index contributed by atoms with van der Waals surface area (Å²) in [7, 11) is 0. The molecule has 0 fully saturated rings. The van der Waals surface area contributed by atoms with Gasteiger partial charge >= 0.3 is 6.03 Å². The van der Waals surface area contributed by atoms with Gasteiger partial charge in [-0.1, -0.05) is 24.3 Å². The summed E-state index contributed by atoms with van der Waals surface area (Å²) in [5.41, 5.74) is 0.493. The van der Waals surface area contributed by atoms with Crippen LogP contribution in [0, 0.1) is 10.1 Å². The zero-order chi connectivity index (χ0) is 15.1. The molecule has 0 aliphatic carbocycles. The van der Waals surface area contributed by atoms with Gasteiger partial charge < -0.3 is 10.6 Å². The van der Waals surface area contributed by atoms with Crippen molar-refractivity contribution in [1.82, 2.24) is 10.6 Å². The van der Waals surface area contributed by atoms with Gasteiger partial charge in [0.25, 0.3) is 5.69 Å². The fraction of sp³-hybridized carbons (Fsp3) is 0.214. The van der Waals surface area contributed by atoms with Crippen molar-refractivity contribution in [2.75, 3.05) is 6.54 Å². The number of carbonyl (C=O) groups excluding carboxylic acids is 1. The first kappa shape index (κ1) is 15.0. The van der Waals surface area contributed by atoms with Gasteiger partial charge in [-0.2, -0.15) is 0 Å². The van der Waals surface area contributed by atoms with Crippen LogP contribution in [0.2, 0.25) is 0 Å². The molecule has 2 rings (SSSR count).